The van der Waals surface area contributed by atoms with Gasteiger partial charge in [0, 0.05) is 27.8 Å². The third kappa shape index (κ3) is 2.26. The highest BCUT2D eigenvalue weighted by molar-refractivity contribution is 6.00. The van der Waals surface area contributed by atoms with Crippen LogP contribution in [-0.4, -0.2) is 10.7 Å². The molecule has 0 N–H and O–H groups in total. The maximum Gasteiger partial charge on any atom is 0.156 e. The summed E-state index contributed by atoms with van der Waals surface area (Å²) in [6.07, 6.45) is 0. The van der Waals surface area contributed by atoms with Gasteiger partial charge < -0.3 is 0 Å². The summed E-state index contributed by atoms with van der Waals surface area (Å²) >= 11 is 0. The Hall–Kier alpha value is -2.74. The molecule has 0 saturated heterocycles. The van der Waals surface area contributed by atoms with Crippen molar-refractivity contribution in [3.05, 3.63) is 72.3 Å². The highest BCUT2D eigenvalue weighted by atomic mass is 15.0. The van der Waals surface area contributed by atoms with Gasteiger partial charge in [0.15, 0.2) is 5.82 Å². The first-order valence-electron chi connectivity index (χ1n) is 8.29. The van der Waals surface area contributed by atoms with Crippen molar-refractivity contribution in [3.8, 4) is 22.4 Å². The summed E-state index contributed by atoms with van der Waals surface area (Å²) < 4.78 is 0. The fourth-order valence-corrected chi connectivity index (χ4v) is 3.20. The summed E-state index contributed by atoms with van der Waals surface area (Å²) in [5, 5.41) is 0. The van der Waals surface area contributed by atoms with E-state index in [4.69, 9.17) is 9.98 Å². The molecule has 1 aliphatic rings. The summed E-state index contributed by atoms with van der Waals surface area (Å²) in [5.41, 5.74) is 6.73. The van der Waals surface area contributed by atoms with Crippen LogP contribution in [0.25, 0.3) is 22.4 Å². The highest BCUT2D eigenvalue weighted by Crippen LogP contribution is 2.43. The molecule has 24 heavy (non-hydrogen) atoms. The largest absolute Gasteiger partial charge is 0.237 e. The lowest BCUT2D eigenvalue weighted by atomic mass is 9.81. The number of aliphatic imine (C=N–C) groups is 1. The Morgan fingerprint density at radius 3 is 2.00 bits per heavy atom. The molecule has 4 rings (SSSR count). The van der Waals surface area contributed by atoms with Crippen molar-refractivity contribution in [1.29, 1.82) is 0 Å². The van der Waals surface area contributed by atoms with Gasteiger partial charge in [0.05, 0.1) is 5.69 Å². The standard InChI is InChI=1S/C22H20N2/c1-15-22(2,3)19-14-18(16-10-6-4-7-11-16)20(24-21(19)23-15)17-12-8-5-9-13-17/h4-14H,1-3H3. The van der Waals surface area contributed by atoms with Crippen LogP contribution in [0.1, 0.15) is 26.3 Å². The van der Waals surface area contributed by atoms with Gasteiger partial charge in [-0.2, -0.15) is 0 Å². The van der Waals surface area contributed by atoms with Gasteiger partial charge in [0.2, 0.25) is 0 Å². The lowest BCUT2D eigenvalue weighted by molar-refractivity contribution is 0.731. The van der Waals surface area contributed by atoms with Crippen LogP contribution in [0, 0.1) is 0 Å². The third-order valence-electron chi connectivity index (χ3n) is 4.99. The van der Waals surface area contributed by atoms with Crippen LogP contribution >= 0.6 is 0 Å². The van der Waals surface area contributed by atoms with E-state index in [1.807, 2.05) is 12.1 Å². The maximum atomic E-state index is 4.96. The van der Waals surface area contributed by atoms with Crippen molar-refractivity contribution in [3.63, 3.8) is 0 Å². The van der Waals surface area contributed by atoms with E-state index < -0.39 is 0 Å². The average molecular weight is 312 g/mol. The summed E-state index contributed by atoms with van der Waals surface area (Å²) in [7, 11) is 0. The summed E-state index contributed by atoms with van der Waals surface area (Å²) in [6, 6.07) is 23.1. The van der Waals surface area contributed by atoms with E-state index in [1.165, 1.54) is 16.7 Å². The minimum absolute atomic E-state index is 0.0684. The van der Waals surface area contributed by atoms with Crippen LogP contribution in [0.4, 0.5) is 5.82 Å². The molecule has 118 valence electrons. The zero-order valence-corrected chi connectivity index (χ0v) is 14.2. The summed E-state index contributed by atoms with van der Waals surface area (Å²) in [6.45, 7) is 6.53. The molecule has 0 atom stereocenters. The molecule has 1 aromatic heterocycles. The zero-order valence-electron chi connectivity index (χ0n) is 14.2. The van der Waals surface area contributed by atoms with E-state index in [-0.39, 0.29) is 5.41 Å². The van der Waals surface area contributed by atoms with Gasteiger partial charge >= 0.3 is 0 Å². The van der Waals surface area contributed by atoms with Gasteiger partial charge in [-0.25, -0.2) is 9.98 Å². The Morgan fingerprint density at radius 1 is 0.792 bits per heavy atom. The lowest BCUT2D eigenvalue weighted by Gasteiger charge is -2.21. The molecule has 2 heterocycles. The number of hydrogen-bond donors (Lipinski definition) is 0. The second-order valence-electron chi connectivity index (χ2n) is 6.81. The molecule has 0 unspecified atom stereocenters. The van der Waals surface area contributed by atoms with E-state index in [2.05, 4.69) is 75.4 Å². The topological polar surface area (TPSA) is 25.2 Å². The number of pyridine rings is 1. The summed E-state index contributed by atoms with van der Waals surface area (Å²) in [5.74, 6) is 0.857. The van der Waals surface area contributed by atoms with Crippen LogP contribution < -0.4 is 0 Å². The van der Waals surface area contributed by atoms with Crippen LogP contribution in [-0.2, 0) is 5.41 Å². The molecule has 2 nitrogen and oxygen atoms in total. The predicted molar refractivity (Wildman–Crippen MR) is 101 cm³/mol. The van der Waals surface area contributed by atoms with Gasteiger partial charge in [0.1, 0.15) is 0 Å². The van der Waals surface area contributed by atoms with Gasteiger partial charge in [-0.05, 0) is 18.6 Å². The van der Waals surface area contributed by atoms with E-state index >= 15 is 0 Å². The predicted octanol–water partition coefficient (Wildman–Crippen LogP) is 5.80. The number of benzene rings is 2. The maximum absolute atomic E-state index is 4.96. The Bertz CT molecular complexity index is 923. The fraction of sp³-hybridized carbons (Fsp3) is 0.182. The van der Waals surface area contributed by atoms with E-state index in [9.17, 15) is 0 Å². The number of hydrogen-bond acceptors (Lipinski definition) is 2. The molecule has 3 aromatic rings. The van der Waals surface area contributed by atoms with Crippen molar-refractivity contribution in [2.45, 2.75) is 26.2 Å². The molecule has 2 heteroatoms. The minimum atomic E-state index is -0.0684. The Balaban J connectivity index is 2.01. The van der Waals surface area contributed by atoms with Crippen LogP contribution in [0.2, 0.25) is 0 Å². The van der Waals surface area contributed by atoms with Gasteiger partial charge in [-0.3, -0.25) is 0 Å². The van der Waals surface area contributed by atoms with Gasteiger partial charge in [-0.1, -0.05) is 74.5 Å². The number of aromatic nitrogens is 1. The Kier molecular flexibility index (Phi) is 3.34. The quantitative estimate of drug-likeness (QED) is 0.587. The molecule has 0 spiro atoms. The Labute approximate surface area is 142 Å². The molecule has 0 radical (unpaired) electrons. The van der Waals surface area contributed by atoms with E-state index in [0.29, 0.717) is 0 Å². The molecule has 0 bridgehead atoms. The fourth-order valence-electron chi connectivity index (χ4n) is 3.20. The average Bonchev–Trinajstić information content (AvgIpc) is 2.84. The Morgan fingerprint density at radius 2 is 1.38 bits per heavy atom. The summed E-state index contributed by atoms with van der Waals surface area (Å²) in [4.78, 5) is 9.69. The van der Waals surface area contributed by atoms with E-state index in [1.54, 1.807) is 0 Å². The molecular weight excluding hydrogens is 292 g/mol. The molecule has 0 saturated carbocycles. The smallest absolute Gasteiger partial charge is 0.156 e. The van der Waals surface area contributed by atoms with Crippen LogP contribution in [0.5, 0.6) is 0 Å². The van der Waals surface area contributed by atoms with Gasteiger partial charge in [-0.15, -0.1) is 0 Å². The highest BCUT2D eigenvalue weighted by Gasteiger charge is 2.34. The van der Waals surface area contributed by atoms with Crippen molar-refractivity contribution in [2.75, 3.05) is 0 Å². The first kappa shape index (κ1) is 14.8. The van der Waals surface area contributed by atoms with E-state index in [0.717, 1.165) is 22.8 Å². The van der Waals surface area contributed by atoms with Crippen LogP contribution in [0.15, 0.2) is 71.7 Å². The zero-order chi connectivity index (χ0) is 16.7. The molecular formula is C22H20N2. The van der Waals surface area contributed by atoms with Gasteiger partial charge in [0.25, 0.3) is 0 Å². The minimum Gasteiger partial charge on any atom is -0.237 e. The van der Waals surface area contributed by atoms with Crippen molar-refractivity contribution in [1.82, 2.24) is 4.98 Å². The molecule has 1 aliphatic heterocycles. The van der Waals surface area contributed by atoms with Crippen molar-refractivity contribution in [2.24, 2.45) is 4.99 Å². The molecule has 2 aromatic carbocycles. The molecule has 0 aliphatic carbocycles. The molecule has 0 amide bonds. The van der Waals surface area contributed by atoms with Crippen LogP contribution in [0.3, 0.4) is 0 Å². The SMILES string of the molecule is CC1=Nc2nc(-c3ccccc3)c(-c3ccccc3)cc2C1(C)C. The number of nitrogens with zero attached hydrogens (tertiary/aromatic N) is 2. The second-order valence-corrected chi connectivity index (χ2v) is 6.81. The number of rotatable bonds is 2. The molecule has 0 fully saturated rings. The third-order valence-corrected chi connectivity index (χ3v) is 4.99. The second kappa shape index (κ2) is 5.41. The van der Waals surface area contributed by atoms with Crippen molar-refractivity contribution < 1.29 is 0 Å². The first-order valence-corrected chi connectivity index (χ1v) is 8.29. The lowest BCUT2D eigenvalue weighted by Crippen LogP contribution is -2.22. The van der Waals surface area contributed by atoms with Crippen molar-refractivity contribution >= 4 is 11.5 Å². The number of fused-ring (bicyclic) bond motifs is 1. The monoisotopic (exact) mass is 312 g/mol. The normalized spacial score (nSPS) is 15.0. The first-order chi connectivity index (χ1) is 11.6.